The summed E-state index contributed by atoms with van der Waals surface area (Å²) >= 11 is 1.98. The summed E-state index contributed by atoms with van der Waals surface area (Å²) in [5.41, 5.74) is 9.22. The predicted octanol–water partition coefficient (Wildman–Crippen LogP) is 4.52. The number of amides is 1. The summed E-state index contributed by atoms with van der Waals surface area (Å²) in [7, 11) is 0. The number of ether oxygens (including phenoxy) is 1. The molecule has 2 atom stereocenters. The average molecular weight is 454 g/mol. The number of benzene rings is 1. The number of azide groups is 1. The minimum Gasteiger partial charge on any atom is -0.359 e. The quantitative estimate of drug-likeness (QED) is 0.133. The lowest BCUT2D eigenvalue weighted by Crippen LogP contribution is -2.38. The van der Waals surface area contributed by atoms with Gasteiger partial charge in [0.05, 0.1) is 6.04 Å². The van der Waals surface area contributed by atoms with Crippen LogP contribution in [0.1, 0.15) is 44.3 Å². The SMILES string of the molecule is C[C@H](NC(=O)CCCCCN=[N+]=[N-])[C@H](OCC#CI)c1ccccc1. The molecule has 6 nitrogen and oxygen atoms in total. The van der Waals surface area contributed by atoms with Gasteiger partial charge in [-0.05, 0) is 34.8 Å². The van der Waals surface area contributed by atoms with Gasteiger partial charge in [-0.15, -0.1) is 0 Å². The van der Waals surface area contributed by atoms with Crippen molar-refractivity contribution in [2.24, 2.45) is 5.11 Å². The van der Waals surface area contributed by atoms with Gasteiger partial charge in [-0.3, -0.25) is 4.79 Å². The molecule has 0 radical (unpaired) electrons. The molecule has 0 saturated heterocycles. The average Bonchev–Trinajstić information content (AvgIpc) is 2.62. The van der Waals surface area contributed by atoms with E-state index in [-0.39, 0.29) is 18.1 Å². The first-order chi connectivity index (χ1) is 12.2. The number of unbranched alkanes of at least 4 members (excludes halogenated alkanes) is 2. The number of carbonyl (C=O) groups is 1. The van der Waals surface area contributed by atoms with Crippen molar-refractivity contribution in [2.75, 3.05) is 13.2 Å². The Morgan fingerprint density at radius 1 is 1.36 bits per heavy atom. The first-order valence-corrected chi connectivity index (χ1v) is 9.32. The van der Waals surface area contributed by atoms with Crippen LogP contribution in [0, 0.1) is 9.85 Å². The molecule has 1 aromatic carbocycles. The fourth-order valence-electron chi connectivity index (χ4n) is 2.42. The van der Waals surface area contributed by atoms with E-state index < -0.39 is 0 Å². The number of nitrogens with zero attached hydrogens (tertiary/aromatic N) is 3. The minimum atomic E-state index is -0.243. The zero-order chi connectivity index (χ0) is 18.3. The van der Waals surface area contributed by atoms with Crippen LogP contribution in [0.15, 0.2) is 35.4 Å². The Kier molecular flexibility index (Phi) is 11.5. The van der Waals surface area contributed by atoms with Crippen molar-refractivity contribution in [3.8, 4) is 9.85 Å². The van der Waals surface area contributed by atoms with Crippen molar-refractivity contribution in [1.82, 2.24) is 5.32 Å². The topological polar surface area (TPSA) is 87.1 Å². The lowest BCUT2D eigenvalue weighted by Gasteiger charge is -2.25. The molecule has 25 heavy (non-hydrogen) atoms. The normalized spacial score (nSPS) is 12.2. The highest BCUT2D eigenvalue weighted by molar-refractivity contribution is 14.1. The van der Waals surface area contributed by atoms with Gasteiger partial charge in [0.1, 0.15) is 12.7 Å². The van der Waals surface area contributed by atoms with E-state index >= 15 is 0 Å². The highest BCUT2D eigenvalue weighted by Gasteiger charge is 2.21. The van der Waals surface area contributed by atoms with E-state index in [9.17, 15) is 4.79 Å². The summed E-state index contributed by atoms with van der Waals surface area (Å²) in [6.45, 7) is 2.74. The van der Waals surface area contributed by atoms with Crippen molar-refractivity contribution in [1.29, 1.82) is 0 Å². The van der Waals surface area contributed by atoms with E-state index in [1.165, 1.54) is 0 Å². The fourth-order valence-corrected chi connectivity index (χ4v) is 2.58. The van der Waals surface area contributed by atoms with Crippen LogP contribution < -0.4 is 5.32 Å². The largest absolute Gasteiger partial charge is 0.359 e. The van der Waals surface area contributed by atoms with Crippen LogP contribution in [0.5, 0.6) is 0 Å². The third-order valence-electron chi connectivity index (χ3n) is 3.60. The van der Waals surface area contributed by atoms with Crippen LogP contribution in [0.4, 0.5) is 0 Å². The predicted molar refractivity (Wildman–Crippen MR) is 107 cm³/mol. The first-order valence-electron chi connectivity index (χ1n) is 8.24. The Morgan fingerprint density at radius 3 is 2.80 bits per heavy atom. The molecule has 0 aliphatic rings. The van der Waals surface area contributed by atoms with Gasteiger partial charge in [-0.2, -0.15) is 0 Å². The fraction of sp³-hybridized carbons (Fsp3) is 0.500. The molecule has 7 heteroatoms. The molecule has 0 aliphatic carbocycles. The van der Waals surface area contributed by atoms with Gasteiger partial charge in [0, 0.05) is 40.5 Å². The number of hydrogen-bond acceptors (Lipinski definition) is 3. The monoisotopic (exact) mass is 454 g/mol. The maximum Gasteiger partial charge on any atom is 0.220 e. The molecular formula is C18H23IN4O2. The van der Waals surface area contributed by atoms with Crippen molar-refractivity contribution >= 4 is 28.5 Å². The lowest BCUT2D eigenvalue weighted by atomic mass is 10.0. The Hall–Kier alpha value is -1.75. The van der Waals surface area contributed by atoms with E-state index in [1.54, 1.807) is 0 Å². The van der Waals surface area contributed by atoms with Gasteiger partial charge in [-0.1, -0.05) is 47.8 Å². The molecule has 1 N–H and O–H groups in total. The van der Waals surface area contributed by atoms with Gasteiger partial charge >= 0.3 is 0 Å². The molecule has 1 rings (SSSR count). The molecule has 134 valence electrons. The maximum atomic E-state index is 12.1. The van der Waals surface area contributed by atoms with Gasteiger partial charge in [-0.25, -0.2) is 0 Å². The molecule has 1 amide bonds. The summed E-state index contributed by atoms with van der Waals surface area (Å²) in [4.78, 5) is 14.8. The van der Waals surface area contributed by atoms with Gasteiger partial charge in [0.15, 0.2) is 0 Å². The highest BCUT2D eigenvalue weighted by Crippen LogP contribution is 2.21. The molecule has 0 fully saturated rings. The van der Waals surface area contributed by atoms with E-state index in [1.807, 2.05) is 59.8 Å². The molecule has 0 saturated carbocycles. The molecular weight excluding hydrogens is 431 g/mol. The molecule has 0 bridgehead atoms. The third kappa shape index (κ3) is 9.34. The summed E-state index contributed by atoms with van der Waals surface area (Å²) < 4.78 is 8.64. The minimum absolute atomic E-state index is 0.000733. The summed E-state index contributed by atoms with van der Waals surface area (Å²) in [6, 6.07) is 9.67. The molecule has 1 aromatic rings. The van der Waals surface area contributed by atoms with Gasteiger partial charge in [0.2, 0.25) is 5.91 Å². The summed E-state index contributed by atoms with van der Waals surface area (Å²) in [5, 5.41) is 6.49. The second kappa shape index (κ2) is 13.5. The van der Waals surface area contributed by atoms with Crippen LogP contribution in [-0.2, 0) is 9.53 Å². The van der Waals surface area contributed by atoms with Crippen molar-refractivity contribution in [2.45, 2.75) is 44.8 Å². The Labute approximate surface area is 162 Å². The van der Waals surface area contributed by atoms with E-state index in [2.05, 4.69) is 25.2 Å². The molecule has 0 unspecified atom stereocenters. The Balaban J connectivity index is 2.50. The lowest BCUT2D eigenvalue weighted by molar-refractivity contribution is -0.122. The van der Waals surface area contributed by atoms with Crippen LogP contribution in [0.2, 0.25) is 0 Å². The van der Waals surface area contributed by atoms with Crippen LogP contribution in [0.25, 0.3) is 10.4 Å². The van der Waals surface area contributed by atoms with Crippen LogP contribution in [0.3, 0.4) is 0 Å². The number of halogens is 1. The van der Waals surface area contributed by atoms with Crippen molar-refractivity contribution in [3.05, 3.63) is 46.3 Å². The number of hydrogen-bond donors (Lipinski definition) is 1. The second-order valence-electron chi connectivity index (χ2n) is 5.53. The van der Waals surface area contributed by atoms with Gasteiger partial charge in [0.25, 0.3) is 0 Å². The van der Waals surface area contributed by atoms with E-state index in [4.69, 9.17) is 10.3 Å². The highest BCUT2D eigenvalue weighted by atomic mass is 127. The molecule has 0 aliphatic heterocycles. The van der Waals surface area contributed by atoms with Gasteiger partial charge < -0.3 is 10.1 Å². The first kappa shape index (κ1) is 21.3. The van der Waals surface area contributed by atoms with Crippen LogP contribution >= 0.6 is 22.6 Å². The van der Waals surface area contributed by atoms with E-state index in [0.29, 0.717) is 19.6 Å². The summed E-state index contributed by atoms with van der Waals surface area (Å²) in [6.07, 6.45) is 2.65. The Bertz CT molecular complexity index is 621. The van der Waals surface area contributed by atoms with Crippen molar-refractivity contribution < 1.29 is 9.53 Å². The standard InChI is InChI=1S/C18H23IN4O2/c1-15(22-17(24)11-6-3-7-13-21-23-20)18(25-14-8-12-19)16-9-4-2-5-10-16/h2,4-5,9-10,15,18H,3,6-7,11,13-14H2,1H3,(H,22,24)/t15-,18-/m0/s1. The molecule has 0 heterocycles. The smallest absolute Gasteiger partial charge is 0.220 e. The second-order valence-corrected chi connectivity index (χ2v) is 6.07. The van der Waals surface area contributed by atoms with E-state index in [0.717, 1.165) is 24.8 Å². The number of carbonyl (C=O) groups excluding carboxylic acids is 1. The molecule has 0 spiro atoms. The zero-order valence-corrected chi connectivity index (χ0v) is 16.5. The van der Waals surface area contributed by atoms with Crippen LogP contribution in [-0.4, -0.2) is 25.1 Å². The zero-order valence-electron chi connectivity index (χ0n) is 14.3. The number of rotatable bonds is 11. The summed E-state index contributed by atoms with van der Waals surface area (Å²) in [5.74, 6) is 2.88. The Morgan fingerprint density at radius 2 is 2.12 bits per heavy atom. The van der Waals surface area contributed by atoms with Crippen molar-refractivity contribution in [3.63, 3.8) is 0 Å². The number of nitrogens with one attached hydrogen (secondary N) is 1. The third-order valence-corrected chi connectivity index (χ3v) is 3.98. The molecule has 0 aromatic heterocycles. The maximum absolute atomic E-state index is 12.1.